The summed E-state index contributed by atoms with van der Waals surface area (Å²) in [6, 6.07) is 8.50. The van der Waals surface area contributed by atoms with Crippen molar-refractivity contribution in [1.29, 1.82) is 0 Å². The van der Waals surface area contributed by atoms with Crippen molar-refractivity contribution < 1.29 is 9.84 Å². The highest BCUT2D eigenvalue weighted by Gasteiger charge is 2.19. The summed E-state index contributed by atoms with van der Waals surface area (Å²) >= 11 is 0. The van der Waals surface area contributed by atoms with E-state index < -0.39 is 0 Å². The number of hydrogen-bond donors (Lipinski definition) is 2. The van der Waals surface area contributed by atoms with Crippen LogP contribution in [0.3, 0.4) is 0 Å². The van der Waals surface area contributed by atoms with Crippen molar-refractivity contribution in [1.82, 2.24) is 5.32 Å². The summed E-state index contributed by atoms with van der Waals surface area (Å²) in [5.74, 6) is 0.889. The minimum Gasteiger partial charge on any atom is -0.497 e. The number of rotatable bonds is 4. The van der Waals surface area contributed by atoms with Crippen LogP contribution in [-0.4, -0.2) is 44.5 Å². The first kappa shape index (κ1) is 12.2. The largest absolute Gasteiger partial charge is 0.497 e. The molecule has 0 bridgehead atoms. The molecule has 94 valence electrons. The molecule has 0 spiro atoms. The highest BCUT2D eigenvalue weighted by atomic mass is 16.5. The number of methoxy groups -OCH3 is 1. The van der Waals surface area contributed by atoms with Gasteiger partial charge < -0.3 is 20.1 Å². The number of piperazine rings is 1. The van der Waals surface area contributed by atoms with Crippen molar-refractivity contribution in [2.24, 2.45) is 0 Å². The molecule has 1 aliphatic rings. The van der Waals surface area contributed by atoms with E-state index >= 15 is 0 Å². The first-order valence-electron chi connectivity index (χ1n) is 6.06. The third-order valence-corrected chi connectivity index (χ3v) is 3.15. The van der Waals surface area contributed by atoms with Gasteiger partial charge in [0, 0.05) is 44.0 Å². The fraction of sp³-hybridized carbons (Fsp3) is 0.538. The zero-order valence-electron chi connectivity index (χ0n) is 10.2. The molecule has 0 aromatic heterocycles. The molecule has 2 rings (SSSR count). The van der Waals surface area contributed by atoms with E-state index in [4.69, 9.17) is 9.84 Å². The summed E-state index contributed by atoms with van der Waals surface area (Å²) in [6.45, 7) is 3.13. The summed E-state index contributed by atoms with van der Waals surface area (Å²) in [4.78, 5) is 2.33. The Labute approximate surface area is 102 Å². The monoisotopic (exact) mass is 236 g/mol. The van der Waals surface area contributed by atoms with Gasteiger partial charge in [-0.2, -0.15) is 0 Å². The first-order valence-corrected chi connectivity index (χ1v) is 6.06. The van der Waals surface area contributed by atoms with Crippen LogP contribution in [0.25, 0.3) is 0 Å². The van der Waals surface area contributed by atoms with Gasteiger partial charge in [-0.3, -0.25) is 0 Å². The molecule has 2 N–H and O–H groups in total. The maximum Gasteiger partial charge on any atom is 0.120 e. The number of aliphatic hydroxyl groups is 1. The number of ether oxygens (including phenoxy) is 1. The molecule has 1 fully saturated rings. The zero-order valence-corrected chi connectivity index (χ0v) is 10.2. The second-order valence-electron chi connectivity index (χ2n) is 4.31. The van der Waals surface area contributed by atoms with E-state index in [9.17, 15) is 0 Å². The van der Waals surface area contributed by atoms with Crippen molar-refractivity contribution in [3.63, 3.8) is 0 Å². The molecule has 1 atom stereocenters. The standard InChI is InChI=1S/C13H20N2O2/c1-17-13-4-2-3-12(9-13)15-7-6-14-11(10-15)5-8-16/h2-4,9,11,14,16H,5-8,10H2,1H3. The van der Waals surface area contributed by atoms with Gasteiger partial charge in [0.05, 0.1) is 7.11 Å². The van der Waals surface area contributed by atoms with Crippen LogP contribution in [-0.2, 0) is 0 Å². The van der Waals surface area contributed by atoms with Crippen LogP contribution < -0.4 is 15.0 Å². The molecule has 1 aromatic carbocycles. The van der Waals surface area contributed by atoms with E-state index in [0.717, 1.165) is 31.8 Å². The van der Waals surface area contributed by atoms with Crippen LogP contribution >= 0.6 is 0 Å². The Morgan fingerprint density at radius 2 is 2.41 bits per heavy atom. The molecule has 0 saturated carbocycles. The maximum absolute atomic E-state index is 8.98. The van der Waals surface area contributed by atoms with Gasteiger partial charge in [-0.1, -0.05) is 6.07 Å². The predicted octanol–water partition coefficient (Wildman–Crippen LogP) is 0.856. The van der Waals surface area contributed by atoms with Gasteiger partial charge in [-0.15, -0.1) is 0 Å². The second-order valence-corrected chi connectivity index (χ2v) is 4.31. The average Bonchev–Trinajstić information content (AvgIpc) is 2.40. The molecule has 1 saturated heterocycles. The van der Waals surface area contributed by atoms with Gasteiger partial charge in [-0.05, 0) is 18.6 Å². The molecular formula is C13H20N2O2. The number of aliphatic hydroxyl groups excluding tert-OH is 1. The van der Waals surface area contributed by atoms with E-state index in [1.165, 1.54) is 5.69 Å². The van der Waals surface area contributed by atoms with Crippen LogP contribution in [0.5, 0.6) is 5.75 Å². The highest BCUT2D eigenvalue weighted by Crippen LogP contribution is 2.22. The SMILES string of the molecule is COc1cccc(N2CCNC(CCO)C2)c1. The normalized spacial score (nSPS) is 20.4. The Morgan fingerprint density at radius 3 is 3.18 bits per heavy atom. The average molecular weight is 236 g/mol. The number of hydrogen-bond acceptors (Lipinski definition) is 4. The summed E-state index contributed by atoms with van der Waals surface area (Å²) in [7, 11) is 1.69. The molecule has 1 heterocycles. The number of nitrogens with zero attached hydrogens (tertiary/aromatic N) is 1. The minimum atomic E-state index is 0.240. The molecule has 1 unspecified atom stereocenters. The summed E-state index contributed by atoms with van der Waals surface area (Å²) in [5.41, 5.74) is 1.19. The van der Waals surface area contributed by atoms with Gasteiger partial charge in [0.2, 0.25) is 0 Å². The topological polar surface area (TPSA) is 44.7 Å². The van der Waals surface area contributed by atoms with Gasteiger partial charge in [0.15, 0.2) is 0 Å². The molecule has 0 amide bonds. The minimum absolute atomic E-state index is 0.240. The third-order valence-electron chi connectivity index (χ3n) is 3.15. The highest BCUT2D eigenvalue weighted by molar-refractivity contribution is 5.51. The molecule has 0 aliphatic carbocycles. The Hall–Kier alpha value is -1.26. The smallest absolute Gasteiger partial charge is 0.120 e. The van der Waals surface area contributed by atoms with Crippen molar-refractivity contribution in [3.8, 4) is 5.75 Å². The Kier molecular flexibility index (Phi) is 4.23. The Morgan fingerprint density at radius 1 is 1.53 bits per heavy atom. The summed E-state index contributed by atoms with van der Waals surface area (Å²) < 4.78 is 5.24. The molecule has 4 nitrogen and oxygen atoms in total. The van der Waals surface area contributed by atoms with Crippen LogP contribution in [0.1, 0.15) is 6.42 Å². The quantitative estimate of drug-likeness (QED) is 0.813. The van der Waals surface area contributed by atoms with Crippen LogP contribution in [0.15, 0.2) is 24.3 Å². The lowest BCUT2D eigenvalue weighted by molar-refractivity contribution is 0.260. The van der Waals surface area contributed by atoms with Crippen molar-refractivity contribution >= 4 is 5.69 Å². The Balaban J connectivity index is 2.05. The van der Waals surface area contributed by atoms with Gasteiger partial charge >= 0.3 is 0 Å². The first-order chi connectivity index (χ1) is 8.33. The van der Waals surface area contributed by atoms with E-state index in [0.29, 0.717) is 6.04 Å². The molecule has 1 aliphatic heterocycles. The van der Waals surface area contributed by atoms with Crippen LogP contribution in [0.2, 0.25) is 0 Å². The van der Waals surface area contributed by atoms with Gasteiger partial charge in [0.1, 0.15) is 5.75 Å². The van der Waals surface area contributed by atoms with Crippen LogP contribution in [0, 0.1) is 0 Å². The predicted molar refractivity (Wildman–Crippen MR) is 68.7 cm³/mol. The number of anilines is 1. The second kappa shape index (κ2) is 5.89. The number of benzene rings is 1. The van der Waals surface area contributed by atoms with Crippen molar-refractivity contribution in [3.05, 3.63) is 24.3 Å². The molecular weight excluding hydrogens is 216 g/mol. The lowest BCUT2D eigenvalue weighted by Gasteiger charge is -2.35. The molecule has 0 radical (unpaired) electrons. The fourth-order valence-corrected chi connectivity index (χ4v) is 2.22. The summed E-state index contributed by atoms with van der Waals surface area (Å²) in [5, 5.41) is 12.4. The molecule has 1 aromatic rings. The van der Waals surface area contributed by atoms with Crippen molar-refractivity contribution in [2.75, 3.05) is 38.3 Å². The zero-order chi connectivity index (χ0) is 12.1. The molecule has 4 heteroatoms. The van der Waals surface area contributed by atoms with Crippen molar-refractivity contribution in [2.45, 2.75) is 12.5 Å². The van der Waals surface area contributed by atoms with Gasteiger partial charge in [-0.25, -0.2) is 0 Å². The third kappa shape index (κ3) is 3.11. The van der Waals surface area contributed by atoms with E-state index in [1.807, 2.05) is 12.1 Å². The lowest BCUT2D eigenvalue weighted by Crippen LogP contribution is -2.51. The van der Waals surface area contributed by atoms with Gasteiger partial charge in [0.25, 0.3) is 0 Å². The van der Waals surface area contributed by atoms with E-state index in [1.54, 1.807) is 7.11 Å². The summed E-state index contributed by atoms with van der Waals surface area (Å²) in [6.07, 6.45) is 0.806. The van der Waals surface area contributed by atoms with Crippen LogP contribution in [0.4, 0.5) is 5.69 Å². The number of nitrogens with one attached hydrogen (secondary N) is 1. The van der Waals surface area contributed by atoms with E-state index in [-0.39, 0.29) is 6.61 Å². The fourth-order valence-electron chi connectivity index (χ4n) is 2.22. The molecule has 17 heavy (non-hydrogen) atoms. The van der Waals surface area contributed by atoms with E-state index in [2.05, 4.69) is 22.3 Å². The Bertz CT molecular complexity index is 355. The maximum atomic E-state index is 8.98. The lowest BCUT2D eigenvalue weighted by atomic mass is 10.1.